The van der Waals surface area contributed by atoms with Crippen LogP contribution in [-0.4, -0.2) is 54.7 Å². The molecule has 0 amide bonds. The van der Waals surface area contributed by atoms with E-state index < -0.39 is 0 Å². The lowest BCUT2D eigenvalue weighted by molar-refractivity contribution is -0.115. The van der Waals surface area contributed by atoms with Gasteiger partial charge >= 0.3 is 0 Å². The summed E-state index contributed by atoms with van der Waals surface area (Å²) in [6.07, 6.45) is 2.10. The summed E-state index contributed by atoms with van der Waals surface area (Å²) < 4.78 is 11.2. The molecule has 2 fully saturated rings. The lowest BCUT2D eigenvalue weighted by Crippen LogP contribution is -2.41. The molecule has 0 saturated carbocycles. The number of aliphatic hydroxyl groups is 1. The summed E-state index contributed by atoms with van der Waals surface area (Å²) in [5.74, 6) is 0.506. The summed E-state index contributed by atoms with van der Waals surface area (Å²) in [6, 6.07) is 0.636. The number of rotatable bonds is 3. The van der Waals surface area contributed by atoms with E-state index in [1.165, 1.54) is 0 Å². The first kappa shape index (κ1) is 12.3. The molecule has 2 rings (SSSR count). The van der Waals surface area contributed by atoms with E-state index in [0.717, 1.165) is 25.9 Å². The summed E-state index contributed by atoms with van der Waals surface area (Å²) in [7, 11) is 0. The molecule has 2 atom stereocenters. The van der Waals surface area contributed by atoms with Crippen LogP contribution in [0.25, 0.3) is 0 Å². The van der Waals surface area contributed by atoms with Gasteiger partial charge in [-0.2, -0.15) is 0 Å². The van der Waals surface area contributed by atoms with E-state index in [1.54, 1.807) is 0 Å². The Labute approximate surface area is 97.5 Å². The molecule has 2 saturated heterocycles. The minimum atomic E-state index is -0.104. The Balaban J connectivity index is 1.77. The third-order valence-electron chi connectivity index (χ3n) is 3.67. The minimum Gasteiger partial charge on any atom is -0.394 e. The van der Waals surface area contributed by atoms with Crippen LogP contribution in [-0.2, 0) is 9.47 Å². The molecule has 2 aliphatic rings. The van der Waals surface area contributed by atoms with Crippen LogP contribution in [0.2, 0.25) is 0 Å². The monoisotopic (exact) mass is 229 g/mol. The van der Waals surface area contributed by atoms with Gasteiger partial charge in [0, 0.05) is 12.0 Å². The van der Waals surface area contributed by atoms with E-state index in [1.807, 2.05) is 0 Å². The van der Waals surface area contributed by atoms with Gasteiger partial charge < -0.3 is 19.5 Å². The van der Waals surface area contributed by atoms with Crippen molar-refractivity contribution < 1.29 is 14.6 Å². The van der Waals surface area contributed by atoms with Gasteiger partial charge in [-0.3, -0.25) is 0 Å². The highest BCUT2D eigenvalue weighted by molar-refractivity contribution is 4.79. The Morgan fingerprint density at radius 1 is 1.31 bits per heavy atom. The SMILES string of the molecule is CC(C)N1CCC(C2OCC(CO)O2)CC1. The molecule has 0 bridgehead atoms. The third kappa shape index (κ3) is 2.74. The number of likely N-dealkylation sites (tertiary alicyclic amines) is 1. The lowest BCUT2D eigenvalue weighted by atomic mass is 9.95. The molecular weight excluding hydrogens is 206 g/mol. The van der Waals surface area contributed by atoms with E-state index in [4.69, 9.17) is 14.6 Å². The van der Waals surface area contributed by atoms with Crippen molar-refractivity contribution in [2.45, 2.75) is 45.1 Å². The zero-order valence-corrected chi connectivity index (χ0v) is 10.3. The predicted octanol–water partition coefficient (Wildman–Crippen LogP) is 0.841. The molecule has 0 aromatic carbocycles. The number of ether oxygens (including phenoxy) is 2. The Bertz CT molecular complexity index is 214. The van der Waals surface area contributed by atoms with Crippen LogP contribution in [0.4, 0.5) is 0 Å². The minimum absolute atomic E-state index is 0.0708. The van der Waals surface area contributed by atoms with E-state index in [9.17, 15) is 0 Å². The van der Waals surface area contributed by atoms with Gasteiger partial charge in [-0.05, 0) is 39.8 Å². The molecule has 2 aliphatic heterocycles. The molecule has 94 valence electrons. The number of aliphatic hydroxyl groups excluding tert-OH is 1. The predicted molar refractivity (Wildman–Crippen MR) is 61.1 cm³/mol. The maximum atomic E-state index is 8.98. The lowest BCUT2D eigenvalue weighted by Gasteiger charge is -2.36. The van der Waals surface area contributed by atoms with E-state index in [2.05, 4.69) is 18.7 Å². The van der Waals surface area contributed by atoms with Crippen LogP contribution in [0.1, 0.15) is 26.7 Å². The van der Waals surface area contributed by atoms with Crippen molar-refractivity contribution in [3.05, 3.63) is 0 Å². The quantitative estimate of drug-likeness (QED) is 0.778. The van der Waals surface area contributed by atoms with Gasteiger partial charge in [0.2, 0.25) is 0 Å². The molecule has 0 spiro atoms. The highest BCUT2D eigenvalue weighted by Crippen LogP contribution is 2.28. The van der Waals surface area contributed by atoms with Crippen molar-refractivity contribution in [1.29, 1.82) is 0 Å². The number of piperidine rings is 1. The van der Waals surface area contributed by atoms with E-state index >= 15 is 0 Å². The fraction of sp³-hybridized carbons (Fsp3) is 1.00. The van der Waals surface area contributed by atoms with Gasteiger partial charge in [0.15, 0.2) is 6.29 Å². The van der Waals surface area contributed by atoms with Crippen LogP contribution in [0, 0.1) is 5.92 Å². The van der Waals surface area contributed by atoms with Gasteiger partial charge in [-0.1, -0.05) is 0 Å². The molecular formula is C12H23NO3. The zero-order chi connectivity index (χ0) is 11.5. The molecule has 0 aromatic rings. The van der Waals surface area contributed by atoms with E-state index in [-0.39, 0.29) is 19.0 Å². The standard InChI is InChI=1S/C12H23NO3/c1-9(2)13-5-3-10(4-6-13)12-15-8-11(7-14)16-12/h9-12,14H,3-8H2,1-2H3. The molecule has 1 N–H and O–H groups in total. The summed E-state index contributed by atoms with van der Waals surface area (Å²) in [5.41, 5.74) is 0. The fourth-order valence-electron chi connectivity index (χ4n) is 2.52. The normalized spacial score (nSPS) is 33.8. The summed E-state index contributed by atoms with van der Waals surface area (Å²) >= 11 is 0. The average Bonchev–Trinajstić information content (AvgIpc) is 2.77. The first-order valence-corrected chi connectivity index (χ1v) is 6.32. The van der Waals surface area contributed by atoms with Crippen molar-refractivity contribution >= 4 is 0 Å². The second-order valence-corrected chi connectivity index (χ2v) is 5.11. The fourth-order valence-corrected chi connectivity index (χ4v) is 2.52. The summed E-state index contributed by atoms with van der Waals surface area (Å²) in [4.78, 5) is 2.50. The van der Waals surface area contributed by atoms with Gasteiger partial charge in [0.25, 0.3) is 0 Å². The molecule has 2 heterocycles. The molecule has 2 unspecified atom stereocenters. The van der Waals surface area contributed by atoms with Gasteiger partial charge in [0.05, 0.1) is 13.2 Å². The number of nitrogens with zero attached hydrogens (tertiary/aromatic N) is 1. The van der Waals surface area contributed by atoms with Gasteiger partial charge in [-0.25, -0.2) is 0 Å². The van der Waals surface area contributed by atoms with Crippen LogP contribution >= 0.6 is 0 Å². The van der Waals surface area contributed by atoms with Crippen molar-refractivity contribution in [3.8, 4) is 0 Å². The molecule has 0 radical (unpaired) electrons. The van der Waals surface area contributed by atoms with Crippen molar-refractivity contribution in [2.75, 3.05) is 26.3 Å². The largest absolute Gasteiger partial charge is 0.394 e. The topological polar surface area (TPSA) is 41.9 Å². The van der Waals surface area contributed by atoms with E-state index in [0.29, 0.717) is 18.6 Å². The highest BCUT2D eigenvalue weighted by Gasteiger charge is 2.34. The Morgan fingerprint density at radius 2 is 2.00 bits per heavy atom. The summed E-state index contributed by atoms with van der Waals surface area (Å²) in [5, 5.41) is 8.98. The van der Waals surface area contributed by atoms with Crippen LogP contribution in [0.5, 0.6) is 0 Å². The highest BCUT2D eigenvalue weighted by atomic mass is 16.7. The first-order valence-electron chi connectivity index (χ1n) is 6.32. The third-order valence-corrected chi connectivity index (χ3v) is 3.67. The maximum absolute atomic E-state index is 8.98. The average molecular weight is 229 g/mol. The number of hydrogen-bond acceptors (Lipinski definition) is 4. The smallest absolute Gasteiger partial charge is 0.161 e. The van der Waals surface area contributed by atoms with Crippen LogP contribution < -0.4 is 0 Å². The second kappa shape index (κ2) is 5.45. The van der Waals surface area contributed by atoms with Crippen LogP contribution in [0.15, 0.2) is 0 Å². The molecule has 0 aliphatic carbocycles. The number of hydrogen-bond donors (Lipinski definition) is 1. The first-order chi connectivity index (χ1) is 7.70. The molecule has 16 heavy (non-hydrogen) atoms. The Morgan fingerprint density at radius 3 is 2.50 bits per heavy atom. The van der Waals surface area contributed by atoms with Crippen molar-refractivity contribution in [3.63, 3.8) is 0 Å². The second-order valence-electron chi connectivity index (χ2n) is 5.11. The maximum Gasteiger partial charge on any atom is 0.161 e. The Hall–Kier alpha value is -0.160. The summed E-state index contributed by atoms with van der Waals surface area (Å²) in [6.45, 7) is 7.37. The van der Waals surface area contributed by atoms with Gasteiger partial charge in [-0.15, -0.1) is 0 Å². The van der Waals surface area contributed by atoms with Gasteiger partial charge in [0.1, 0.15) is 6.10 Å². The van der Waals surface area contributed by atoms with Crippen molar-refractivity contribution in [1.82, 2.24) is 4.90 Å². The molecule has 0 aromatic heterocycles. The van der Waals surface area contributed by atoms with Crippen molar-refractivity contribution in [2.24, 2.45) is 5.92 Å². The Kier molecular flexibility index (Phi) is 4.19. The molecule has 4 heteroatoms. The van der Waals surface area contributed by atoms with Crippen LogP contribution in [0.3, 0.4) is 0 Å². The zero-order valence-electron chi connectivity index (χ0n) is 10.3. The molecule has 4 nitrogen and oxygen atoms in total.